The predicted molar refractivity (Wildman–Crippen MR) is 200 cm³/mol. The highest BCUT2D eigenvalue weighted by Gasteiger charge is 2.25. The molecule has 256 valence electrons. The number of thioether (sulfide) groups is 1. The van der Waals surface area contributed by atoms with Crippen LogP contribution >= 0.6 is 11.8 Å². The summed E-state index contributed by atoms with van der Waals surface area (Å²) in [5.41, 5.74) is 0. The summed E-state index contributed by atoms with van der Waals surface area (Å²) in [5.74, 6) is 0.994. The lowest BCUT2D eigenvalue weighted by Gasteiger charge is -2.31. The maximum Gasteiger partial charge on any atom is 0.00781 e. The third-order valence-electron chi connectivity index (χ3n) is 11.2. The van der Waals surface area contributed by atoms with Gasteiger partial charge in [-0.05, 0) is 38.0 Å². The van der Waals surface area contributed by atoms with Crippen molar-refractivity contribution in [2.45, 2.75) is 261 Å². The van der Waals surface area contributed by atoms with Crippen LogP contribution in [0.5, 0.6) is 0 Å². The van der Waals surface area contributed by atoms with E-state index in [1.54, 1.807) is 0 Å². The molecule has 0 heterocycles. The van der Waals surface area contributed by atoms with Gasteiger partial charge in [0.15, 0.2) is 0 Å². The number of unbranched alkanes of at least 4 members (excludes halogenated alkanes) is 2. The van der Waals surface area contributed by atoms with Gasteiger partial charge in [-0.1, -0.05) is 219 Å². The van der Waals surface area contributed by atoms with Crippen LogP contribution in [0.25, 0.3) is 0 Å². The molecule has 0 aromatic rings. The zero-order chi connectivity index (χ0) is 30.3. The number of rotatable bonds is 7. The third-order valence-corrected chi connectivity index (χ3v) is 13.0. The summed E-state index contributed by atoms with van der Waals surface area (Å²) in [6.07, 6.45) is 57.0. The average molecular weight is 619 g/mol. The summed E-state index contributed by atoms with van der Waals surface area (Å²) in [7, 11) is 0. The smallest absolute Gasteiger partial charge is 0.00781 e. The summed E-state index contributed by atoms with van der Waals surface area (Å²) in [5, 5.41) is 1.89. The van der Waals surface area contributed by atoms with Gasteiger partial charge in [-0.2, -0.15) is 11.8 Å². The van der Waals surface area contributed by atoms with Gasteiger partial charge in [-0.25, -0.2) is 0 Å². The SMILES string of the molecule is CCCCCC(SC1CCCCCCCCCCCCCCCCC1)C1CCCCCCCCCCCCCCCCC1. The van der Waals surface area contributed by atoms with Crippen molar-refractivity contribution >= 4 is 11.8 Å². The van der Waals surface area contributed by atoms with Crippen molar-refractivity contribution in [3.8, 4) is 0 Å². The summed E-state index contributed by atoms with van der Waals surface area (Å²) < 4.78 is 0. The first-order valence-electron chi connectivity index (χ1n) is 21.1. The van der Waals surface area contributed by atoms with Crippen molar-refractivity contribution in [1.29, 1.82) is 0 Å². The summed E-state index contributed by atoms with van der Waals surface area (Å²) in [6.45, 7) is 2.41. The highest BCUT2D eigenvalue weighted by atomic mass is 32.2. The Kier molecular flexibility index (Phi) is 28.5. The van der Waals surface area contributed by atoms with E-state index in [-0.39, 0.29) is 0 Å². The Labute approximate surface area is 278 Å². The molecule has 0 spiro atoms. The molecule has 0 bridgehead atoms. The molecule has 0 amide bonds. The van der Waals surface area contributed by atoms with Crippen LogP contribution in [0.4, 0.5) is 0 Å². The van der Waals surface area contributed by atoms with Crippen LogP contribution in [-0.2, 0) is 0 Å². The Hall–Kier alpha value is 0.350. The van der Waals surface area contributed by atoms with Crippen LogP contribution in [0.15, 0.2) is 0 Å². The Morgan fingerprint density at radius 3 is 0.953 bits per heavy atom. The van der Waals surface area contributed by atoms with Crippen molar-refractivity contribution in [3.05, 3.63) is 0 Å². The normalized spacial score (nSPS) is 24.2. The lowest BCUT2D eigenvalue weighted by Crippen LogP contribution is -2.22. The Morgan fingerprint density at radius 2 is 0.651 bits per heavy atom. The molecule has 0 nitrogen and oxygen atoms in total. The molecule has 43 heavy (non-hydrogen) atoms. The molecule has 0 aliphatic heterocycles. The standard InChI is InChI=1S/C42H82S/c1-2-3-30-39-42(40-35-31-26-22-18-14-10-6-4-7-11-15-19-23-27-32-36-40)43-41-37-33-28-24-20-16-12-8-5-9-13-17-21-25-29-34-38-41/h40-42H,2-39H2,1H3. The van der Waals surface area contributed by atoms with Crippen molar-refractivity contribution < 1.29 is 0 Å². The van der Waals surface area contributed by atoms with Gasteiger partial charge < -0.3 is 0 Å². The van der Waals surface area contributed by atoms with Gasteiger partial charge in [-0.15, -0.1) is 0 Å². The summed E-state index contributed by atoms with van der Waals surface area (Å²) in [6, 6.07) is 0. The van der Waals surface area contributed by atoms with E-state index < -0.39 is 0 Å². The minimum absolute atomic E-state index is 0.943. The van der Waals surface area contributed by atoms with Crippen molar-refractivity contribution in [1.82, 2.24) is 0 Å². The molecule has 2 rings (SSSR count). The van der Waals surface area contributed by atoms with Gasteiger partial charge in [-0.3, -0.25) is 0 Å². The molecule has 0 N–H and O–H groups in total. The second-order valence-electron chi connectivity index (χ2n) is 15.3. The van der Waals surface area contributed by atoms with E-state index in [2.05, 4.69) is 18.7 Å². The molecular weight excluding hydrogens is 537 g/mol. The van der Waals surface area contributed by atoms with E-state index in [4.69, 9.17) is 0 Å². The molecular formula is C42H82S. The second kappa shape index (κ2) is 31.0. The van der Waals surface area contributed by atoms with Crippen molar-refractivity contribution in [2.75, 3.05) is 0 Å². The average Bonchev–Trinajstić information content (AvgIpc) is 3.01. The fraction of sp³-hybridized carbons (Fsp3) is 1.00. The van der Waals surface area contributed by atoms with Crippen molar-refractivity contribution in [3.63, 3.8) is 0 Å². The minimum atomic E-state index is 0.943. The van der Waals surface area contributed by atoms with E-state index in [1.807, 2.05) is 0 Å². The monoisotopic (exact) mass is 619 g/mol. The summed E-state index contributed by atoms with van der Waals surface area (Å²) in [4.78, 5) is 0. The molecule has 0 aromatic carbocycles. The van der Waals surface area contributed by atoms with E-state index in [0.29, 0.717) is 0 Å². The van der Waals surface area contributed by atoms with Gasteiger partial charge in [0, 0.05) is 10.5 Å². The molecule has 2 aliphatic rings. The first-order valence-corrected chi connectivity index (χ1v) is 22.0. The Bertz CT molecular complexity index is 507. The fourth-order valence-electron chi connectivity index (χ4n) is 8.21. The lowest BCUT2D eigenvalue weighted by atomic mass is 9.89. The largest absolute Gasteiger partial charge is 0.155 e. The molecule has 1 atom stereocenters. The van der Waals surface area contributed by atoms with Crippen LogP contribution in [0.3, 0.4) is 0 Å². The minimum Gasteiger partial charge on any atom is -0.155 e. The lowest BCUT2D eigenvalue weighted by molar-refractivity contribution is 0.373. The van der Waals surface area contributed by atoms with Gasteiger partial charge in [0.05, 0.1) is 0 Å². The van der Waals surface area contributed by atoms with Gasteiger partial charge in [0.1, 0.15) is 0 Å². The molecule has 2 saturated carbocycles. The molecule has 1 heteroatoms. The zero-order valence-corrected chi connectivity index (χ0v) is 30.8. The van der Waals surface area contributed by atoms with Crippen LogP contribution in [0.2, 0.25) is 0 Å². The fourth-order valence-corrected chi connectivity index (χ4v) is 10.1. The van der Waals surface area contributed by atoms with Gasteiger partial charge in [0.2, 0.25) is 0 Å². The van der Waals surface area contributed by atoms with Crippen LogP contribution in [0, 0.1) is 5.92 Å². The number of hydrogen-bond donors (Lipinski definition) is 0. The Balaban J connectivity index is 1.97. The van der Waals surface area contributed by atoms with Crippen molar-refractivity contribution in [2.24, 2.45) is 5.92 Å². The molecule has 2 aliphatic carbocycles. The highest BCUT2D eigenvalue weighted by molar-refractivity contribution is 8.00. The third kappa shape index (κ3) is 24.2. The first kappa shape index (κ1) is 39.5. The molecule has 1 unspecified atom stereocenters. The molecule has 0 aromatic heterocycles. The molecule has 2 fully saturated rings. The van der Waals surface area contributed by atoms with E-state index in [1.165, 1.54) is 244 Å². The summed E-state index contributed by atoms with van der Waals surface area (Å²) >= 11 is 2.55. The highest BCUT2D eigenvalue weighted by Crippen LogP contribution is 2.38. The predicted octanol–water partition coefficient (Wildman–Crippen LogP) is 15.9. The second-order valence-corrected chi connectivity index (χ2v) is 16.9. The topological polar surface area (TPSA) is 0 Å². The zero-order valence-electron chi connectivity index (χ0n) is 30.0. The Morgan fingerprint density at radius 1 is 0.372 bits per heavy atom. The van der Waals surface area contributed by atoms with Crippen LogP contribution in [0.1, 0.15) is 251 Å². The molecule has 0 saturated heterocycles. The molecule has 0 radical (unpaired) electrons. The van der Waals surface area contributed by atoms with Crippen LogP contribution in [-0.4, -0.2) is 10.5 Å². The van der Waals surface area contributed by atoms with Gasteiger partial charge in [0.25, 0.3) is 0 Å². The van der Waals surface area contributed by atoms with E-state index in [0.717, 1.165) is 16.4 Å². The van der Waals surface area contributed by atoms with E-state index >= 15 is 0 Å². The number of hydrogen-bond acceptors (Lipinski definition) is 1. The van der Waals surface area contributed by atoms with Gasteiger partial charge >= 0.3 is 0 Å². The quantitative estimate of drug-likeness (QED) is 0.256. The van der Waals surface area contributed by atoms with E-state index in [9.17, 15) is 0 Å². The maximum atomic E-state index is 2.55. The first-order chi connectivity index (χ1) is 21.4. The maximum absolute atomic E-state index is 2.55. The van der Waals surface area contributed by atoms with Crippen LogP contribution < -0.4 is 0 Å².